The van der Waals surface area contributed by atoms with Crippen molar-refractivity contribution >= 4 is 5.97 Å². The number of hydrogen-bond acceptors (Lipinski definition) is 3. The molecule has 1 aromatic heterocycles. The van der Waals surface area contributed by atoms with Gasteiger partial charge in [0.05, 0.1) is 5.69 Å². The van der Waals surface area contributed by atoms with Crippen LogP contribution in [0.5, 0.6) is 0 Å². The summed E-state index contributed by atoms with van der Waals surface area (Å²) in [5.74, 6) is 0.277. The second-order valence-electron chi connectivity index (χ2n) is 5.87. The van der Waals surface area contributed by atoms with Crippen molar-refractivity contribution in [1.82, 2.24) is 9.55 Å². The monoisotopic (exact) mass is 332 g/mol. The van der Waals surface area contributed by atoms with E-state index >= 15 is 0 Å². The molecule has 0 saturated carbocycles. The predicted molar refractivity (Wildman–Crippen MR) is 97.4 cm³/mol. The number of imidazole rings is 1. The Bertz CT molecular complexity index is 867. The van der Waals surface area contributed by atoms with Gasteiger partial charge in [0.1, 0.15) is 6.61 Å². The van der Waals surface area contributed by atoms with Crippen molar-refractivity contribution in [3.63, 3.8) is 0 Å². The lowest BCUT2D eigenvalue weighted by Crippen LogP contribution is -2.09. The molecule has 3 aromatic rings. The molecule has 0 saturated heterocycles. The van der Waals surface area contributed by atoms with E-state index in [1.165, 1.54) is 5.56 Å². The maximum atomic E-state index is 11.7. The molecule has 1 heterocycles. The molecule has 0 aliphatic rings. The number of para-hydroxylation sites is 1. The van der Waals surface area contributed by atoms with Crippen LogP contribution in [0.3, 0.4) is 0 Å². The van der Waals surface area contributed by atoms with Gasteiger partial charge in [0.15, 0.2) is 5.82 Å². The fourth-order valence-corrected chi connectivity index (χ4v) is 2.53. The average molecular weight is 332 g/mol. The van der Waals surface area contributed by atoms with E-state index in [9.17, 15) is 4.79 Å². The topological polar surface area (TPSA) is 44.1 Å². The lowest BCUT2D eigenvalue weighted by atomic mass is 10.1. The Morgan fingerprint density at radius 3 is 2.36 bits per heavy atom. The van der Waals surface area contributed by atoms with Crippen LogP contribution in [-0.4, -0.2) is 15.5 Å². The fourth-order valence-electron chi connectivity index (χ4n) is 2.53. The second kappa shape index (κ2) is 7.62. The van der Waals surface area contributed by atoms with E-state index in [2.05, 4.69) is 23.7 Å². The van der Waals surface area contributed by atoms with E-state index in [1.807, 2.05) is 59.3 Å². The largest absolute Gasteiger partial charge is 0.454 e. The van der Waals surface area contributed by atoms with Crippen LogP contribution in [0, 0.1) is 0 Å². The molecule has 3 rings (SSSR count). The van der Waals surface area contributed by atoms with Crippen molar-refractivity contribution in [2.45, 2.75) is 20.0 Å². The highest BCUT2D eigenvalue weighted by Gasteiger charge is 2.13. The zero-order valence-electron chi connectivity index (χ0n) is 14.2. The average Bonchev–Trinajstić information content (AvgIpc) is 3.04. The summed E-state index contributed by atoms with van der Waals surface area (Å²) in [5, 5.41) is 0. The minimum absolute atomic E-state index is 0.107. The quantitative estimate of drug-likeness (QED) is 0.504. The van der Waals surface area contributed by atoms with Gasteiger partial charge >= 0.3 is 5.97 Å². The van der Waals surface area contributed by atoms with Crippen molar-refractivity contribution in [1.29, 1.82) is 0 Å². The van der Waals surface area contributed by atoms with Crippen LogP contribution >= 0.6 is 0 Å². The molecule has 4 nitrogen and oxygen atoms in total. The van der Waals surface area contributed by atoms with Gasteiger partial charge in [0.25, 0.3) is 0 Å². The molecule has 0 aliphatic heterocycles. The lowest BCUT2D eigenvalue weighted by molar-refractivity contribution is -0.140. The molecule has 2 aromatic carbocycles. The van der Waals surface area contributed by atoms with Gasteiger partial charge in [-0.1, -0.05) is 55.1 Å². The Morgan fingerprint density at radius 2 is 1.72 bits per heavy atom. The van der Waals surface area contributed by atoms with E-state index in [1.54, 1.807) is 6.92 Å². The zero-order chi connectivity index (χ0) is 17.6. The van der Waals surface area contributed by atoms with Crippen molar-refractivity contribution < 1.29 is 9.53 Å². The minimum atomic E-state index is -0.410. The van der Waals surface area contributed by atoms with Crippen LogP contribution in [0.4, 0.5) is 0 Å². The third-order valence-electron chi connectivity index (χ3n) is 3.77. The molecule has 0 spiro atoms. The first-order valence-corrected chi connectivity index (χ1v) is 8.12. The second-order valence-corrected chi connectivity index (χ2v) is 5.87. The Morgan fingerprint density at radius 1 is 1.08 bits per heavy atom. The SMILES string of the molecule is C=C(C)C(=O)OCc1nc(Cc2ccccc2)cn1-c1ccccc1. The Kier molecular flexibility index (Phi) is 5.09. The highest BCUT2D eigenvalue weighted by molar-refractivity contribution is 5.86. The number of esters is 1. The first-order valence-electron chi connectivity index (χ1n) is 8.12. The first-order chi connectivity index (χ1) is 12.1. The smallest absolute Gasteiger partial charge is 0.333 e. The van der Waals surface area contributed by atoms with Crippen molar-refractivity contribution in [2.24, 2.45) is 0 Å². The maximum absolute atomic E-state index is 11.7. The molecule has 0 fully saturated rings. The molecule has 0 aliphatic carbocycles. The number of carbonyl (C=O) groups is 1. The Hall–Kier alpha value is -3.14. The van der Waals surface area contributed by atoms with E-state index in [0.717, 1.165) is 17.8 Å². The lowest BCUT2D eigenvalue weighted by Gasteiger charge is -2.08. The van der Waals surface area contributed by atoms with Gasteiger partial charge in [-0.15, -0.1) is 0 Å². The third kappa shape index (κ3) is 4.23. The summed E-state index contributed by atoms with van der Waals surface area (Å²) in [6.45, 7) is 5.35. The molecular formula is C21H20N2O2. The van der Waals surface area contributed by atoms with Gasteiger partial charge in [0.2, 0.25) is 0 Å². The van der Waals surface area contributed by atoms with Crippen molar-refractivity contribution in [3.8, 4) is 5.69 Å². The summed E-state index contributed by atoms with van der Waals surface area (Å²) < 4.78 is 7.26. The number of hydrogen-bond donors (Lipinski definition) is 0. The summed E-state index contributed by atoms with van der Waals surface area (Å²) in [4.78, 5) is 16.4. The number of carbonyl (C=O) groups excluding carboxylic acids is 1. The van der Waals surface area contributed by atoms with Crippen LogP contribution in [0.15, 0.2) is 79.0 Å². The highest BCUT2D eigenvalue weighted by Crippen LogP contribution is 2.16. The van der Waals surface area contributed by atoms with Gasteiger partial charge in [-0.2, -0.15) is 0 Å². The summed E-state index contributed by atoms with van der Waals surface area (Å²) >= 11 is 0. The molecule has 0 radical (unpaired) electrons. The molecule has 0 amide bonds. The summed E-state index contributed by atoms with van der Waals surface area (Å²) in [7, 11) is 0. The first kappa shape index (κ1) is 16.7. The normalized spacial score (nSPS) is 10.4. The third-order valence-corrected chi connectivity index (χ3v) is 3.77. The molecular weight excluding hydrogens is 312 g/mol. The fraction of sp³-hybridized carbons (Fsp3) is 0.143. The van der Waals surface area contributed by atoms with E-state index in [0.29, 0.717) is 11.4 Å². The van der Waals surface area contributed by atoms with Gasteiger partial charge in [-0.25, -0.2) is 9.78 Å². The summed E-state index contributed by atoms with van der Waals surface area (Å²) in [6.07, 6.45) is 2.72. The number of ether oxygens (including phenoxy) is 1. The highest BCUT2D eigenvalue weighted by atomic mass is 16.5. The number of nitrogens with zero attached hydrogens (tertiary/aromatic N) is 2. The molecule has 126 valence electrons. The molecule has 0 N–H and O–H groups in total. The van der Waals surface area contributed by atoms with Gasteiger partial charge in [-0.3, -0.25) is 0 Å². The zero-order valence-corrected chi connectivity index (χ0v) is 14.2. The van der Waals surface area contributed by atoms with Gasteiger partial charge in [-0.05, 0) is 24.6 Å². The summed E-state index contributed by atoms with van der Waals surface area (Å²) in [5.41, 5.74) is 3.47. The number of rotatable bonds is 6. The van der Waals surface area contributed by atoms with E-state index < -0.39 is 5.97 Å². The van der Waals surface area contributed by atoms with Gasteiger partial charge in [0, 0.05) is 23.9 Å². The maximum Gasteiger partial charge on any atom is 0.333 e. The van der Waals surface area contributed by atoms with E-state index in [4.69, 9.17) is 4.74 Å². The van der Waals surface area contributed by atoms with Crippen LogP contribution in [0.25, 0.3) is 5.69 Å². The van der Waals surface area contributed by atoms with Crippen LogP contribution in [-0.2, 0) is 22.6 Å². The standard InChI is InChI=1S/C21H20N2O2/c1-16(2)21(24)25-15-20-22-18(13-17-9-5-3-6-10-17)14-23(20)19-11-7-4-8-12-19/h3-12,14H,1,13,15H2,2H3. The Labute approximate surface area is 147 Å². The number of benzene rings is 2. The number of aromatic nitrogens is 2. The van der Waals surface area contributed by atoms with Gasteiger partial charge < -0.3 is 9.30 Å². The van der Waals surface area contributed by atoms with Crippen molar-refractivity contribution in [2.75, 3.05) is 0 Å². The van der Waals surface area contributed by atoms with Crippen LogP contribution in [0.2, 0.25) is 0 Å². The van der Waals surface area contributed by atoms with E-state index in [-0.39, 0.29) is 6.61 Å². The predicted octanol–water partition coefficient (Wildman–Crippen LogP) is 4.08. The molecule has 0 bridgehead atoms. The Balaban J connectivity index is 1.88. The molecule has 4 heteroatoms. The summed E-state index contributed by atoms with van der Waals surface area (Å²) in [6, 6.07) is 20.1. The van der Waals surface area contributed by atoms with Crippen LogP contribution < -0.4 is 0 Å². The molecule has 0 atom stereocenters. The minimum Gasteiger partial charge on any atom is -0.454 e. The van der Waals surface area contributed by atoms with Crippen molar-refractivity contribution in [3.05, 3.63) is 96.1 Å². The molecule has 0 unspecified atom stereocenters. The van der Waals surface area contributed by atoms with Crippen LogP contribution in [0.1, 0.15) is 24.0 Å². The molecule has 25 heavy (non-hydrogen) atoms.